The zero-order valence-electron chi connectivity index (χ0n) is 14.8. The van der Waals surface area contributed by atoms with E-state index in [4.69, 9.17) is 0 Å². The SMILES string of the molecule is CCCNC(Cc1ccn(C)n1)C(C)(CC)N(CC)CC. The predicted molar refractivity (Wildman–Crippen MR) is 90.6 cm³/mol. The van der Waals surface area contributed by atoms with Gasteiger partial charge in [-0.15, -0.1) is 0 Å². The van der Waals surface area contributed by atoms with Crippen LogP contribution in [0.2, 0.25) is 0 Å². The lowest BCUT2D eigenvalue weighted by atomic mass is 9.84. The molecular formula is C17H34N4. The lowest BCUT2D eigenvalue weighted by Gasteiger charge is -2.46. The lowest BCUT2D eigenvalue weighted by Crippen LogP contribution is -2.60. The summed E-state index contributed by atoms with van der Waals surface area (Å²) in [6, 6.07) is 2.57. The minimum absolute atomic E-state index is 0.163. The van der Waals surface area contributed by atoms with Gasteiger partial charge < -0.3 is 5.32 Å². The average Bonchev–Trinajstić information content (AvgIpc) is 2.89. The predicted octanol–water partition coefficient (Wildman–Crippen LogP) is 2.84. The van der Waals surface area contributed by atoms with Crippen LogP contribution in [0, 0.1) is 0 Å². The van der Waals surface area contributed by atoms with Crippen molar-refractivity contribution in [2.75, 3.05) is 19.6 Å². The first-order valence-electron chi connectivity index (χ1n) is 8.48. The summed E-state index contributed by atoms with van der Waals surface area (Å²) in [5.74, 6) is 0. The third-order valence-corrected chi connectivity index (χ3v) is 4.78. The molecule has 1 aromatic rings. The van der Waals surface area contributed by atoms with Gasteiger partial charge in [-0.3, -0.25) is 9.58 Å². The highest BCUT2D eigenvalue weighted by Gasteiger charge is 2.36. The van der Waals surface area contributed by atoms with E-state index >= 15 is 0 Å². The van der Waals surface area contributed by atoms with Gasteiger partial charge in [-0.2, -0.15) is 5.10 Å². The van der Waals surface area contributed by atoms with Crippen LogP contribution >= 0.6 is 0 Å². The maximum absolute atomic E-state index is 4.58. The molecule has 2 atom stereocenters. The van der Waals surface area contributed by atoms with Crippen LogP contribution < -0.4 is 5.32 Å². The Morgan fingerprint density at radius 1 is 1.29 bits per heavy atom. The molecule has 0 saturated heterocycles. The molecule has 21 heavy (non-hydrogen) atoms. The van der Waals surface area contributed by atoms with E-state index in [2.05, 4.69) is 56.0 Å². The molecule has 1 aromatic heterocycles. The maximum Gasteiger partial charge on any atom is 0.0640 e. The Balaban J connectivity index is 2.96. The summed E-state index contributed by atoms with van der Waals surface area (Å²) in [6.07, 6.45) is 5.33. The molecule has 0 bridgehead atoms. The van der Waals surface area contributed by atoms with E-state index in [0.29, 0.717) is 6.04 Å². The van der Waals surface area contributed by atoms with Crippen LogP contribution in [-0.2, 0) is 13.5 Å². The lowest BCUT2D eigenvalue weighted by molar-refractivity contribution is 0.0697. The average molecular weight is 294 g/mol. The highest BCUT2D eigenvalue weighted by Crippen LogP contribution is 2.26. The van der Waals surface area contributed by atoms with Crippen molar-refractivity contribution in [3.05, 3.63) is 18.0 Å². The summed E-state index contributed by atoms with van der Waals surface area (Å²) in [7, 11) is 1.99. The van der Waals surface area contributed by atoms with Crippen LogP contribution in [0.1, 0.15) is 53.2 Å². The van der Waals surface area contributed by atoms with E-state index in [9.17, 15) is 0 Å². The van der Waals surface area contributed by atoms with Gasteiger partial charge in [0.1, 0.15) is 0 Å². The smallest absolute Gasteiger partial charge is 0.0640 e. The molecule has 2 unspecified atom stereocenters. The number of hydrogen-bond acceptors (Lipinski definition) is 3. The number of nitrogens with zero attached hydrogens (tertiary/aromatic N) is 3. The van der Waals surface area contributed by atoms with Crippen LogP contribution in [0.3, 0.4) is 0 Å². The van der Waals surface area contributed by atoms with Crippen molar-refractivity contribution in [1.82, 2.24) is 20.0 Å². The van der Waals surface area contributed by atoms with Gasteiger partial charge in [0.15, 0.2) is 0 Å². The van der Waals surface area contributed by atoms with Gasteiger partial charge in [0.25, 0.3) is 0 Å². The highest BCUT2D eigenvalue weighted by atomic mass is 15.3. The Bertz CT molecular complexity index is 397. The quantitative estimate of drug-likeness (QED) is 0.720. The fourth-order valence-corrected chi connectivity index (χ4v) is 3.25. The number of aromatic nitrogens is 2. The van der Waals surface area contributed by atoms with Gasteiger partial charge >= 0.3 is 0 Å². The van der Waals surface area contributed by atoms with E-state index in [1.54, 1.807) is 0 Å². The first kappa shape index (κ1) is 18.2. The van der Waals surface area contributed by atoms with Crippen molar-refractivity contribution < 1.29 is 0 Å². The normalized spacial score (nSPS) is 16.1. The van der Waals surface area contributed by atoms with Crippen LogP contribution in [0.25, 0.3) is 0 Å². The first-order chi connectivity index (χ1) is 10.0. The molecule has 0 aliphatic rings. The Morgan fingerprint density at radius 3 is 2.38 bits per heavy atom. The zero-order valence-corrected chi connectivity index (χ0v) is 14.8. The standard InChI is InChI=1S/C17H34N4/c1-7-12-18-16(14-15-11-13-20(6)19-15)17(5,8-2)21(9-3)10-4/h11,13,16,18H,7-10,12,14H2,1-6H3. The molecule has 0 amide bonds. The Morgan fingerprint density at radius 2 is 1.95 bits per heavy atom. The maximum atomic E-state index is 4.58. The summed E-state index contributed by atoms with van der Waals surface area (Å²) in [5.41, 5.74) is 1.34. The number of hydrogen-bond donors (Lipinski definition) is 1. The summed E-state index contributed by atoms with van der Waals surface area (Å²) in [6.45, 7) is 14.7. The molecule has 4 heteroatoms. The molecular weight excluding hydrogens is 260 g/mol. The monoisotopic (exact) mass is 294 g/mol. The molecule has 0 saturated carbocycles. The molecule has 0 spiro atoms. The van der Waals surface area contributed by atoms with Gasteiger partial charge in [0, 0.05) is 31.2 Å². The van der Waals surface area contributed by atoms with Crippen LogP contribution in [0.5, 0.6) is 0 Å². The Hall–Kier alpha value is -0.870. The van der Waals surface area contributed by atoms with E-state index in [1.165, 1.54) is 5.69 Å². The molecule has 0 aromatic carbocycles. The van der Waals surface area contributed by atoms with Gasteiger partial charge in [-0.25, -0.2) is 0 Å². The minimum Gasteiger partial charge on any atom is -0.312 e. The van der Waals surface area contributed by atoms with Gasteiger partial charge in [0.05, 0.1) is 5.69 Å². The third kappa shape index (κ3) is 4.55. The van der Waals surface area contributed by atoms with Gasteiger partial charge in [-0.05, 0) is 45.5 Å². The van der Waals surface area contributed by atoms with E-state index in [-0.39, 0.29) is 5.54 Å². The number of aryl methyl sites for hydroxylation is 1. The first-order valence-corrected chi connectivity index (χ1v) is 8.48. The fourth-order valence-electron chi connectivity index (χ4n) is 3.25. The fraction of sp³-hybridized carbons (Fsp3) is 0.824. The Kier molecular flexibility index (Phi) is 7.40. The van der Waals surface area contributed by atoms with Crippen molar-refractivity contribution in [3.8, 4) is 0 Å². The minimum atomic E-state index is 0.163. The summed E-state index contributed by atoms with van der Waals surface area (Å²) >= 11 is 0. The van der Waals surface area contributed by atoms with Crippen LogP contribution in [0.4, 0.5) is 0 Å². The van der Waals surface area contributed by atoms with Crippen molar-refractivity contribution in [1.29, 1.82) is 0 Å². The Labute approximate surface area is 130 Å². The molecule has 0 radical (unpaired) electrons. The van der Waals surface area contributed by atoms with Crippen LogP contribution in [0.15, 0.2) is 12.3 Å². The summed E-state index contributed by atoms with van der Waals surface area (Å²) in [5, 5.41) is 8.35. The molecule has 0 aliphatic heterocycles. The second kappa shape index (κ2) is 8.54. The number of likely N-dealkylation sites (N-methyl/N-ethyl adjacent to an activating group) is 1. The van der Waals surface area contributed by atoms with E-state index in [1.807, 2.05) is 17.9 Å². The van der Waals surface area contributed by atoms with Crippen molar-refractivity contribution in [2.45, 2.75) is 65.5 Å². The van der Waals surface area contributed by atoms with Crippen molar-refractivity contribution in [2.24, 2.45) is 7.05 Å². The zero-order chi connectivity index (χ0) is 15.9. The van der Waals surface area contributed by atoms with Gasteiger partial charge in [-0.1, -0.05) is 27.7 Å². The third-order valence-electron chi connectivity index (χ3n) is 4.78. The number of nitrogens with one attached hydrogen (secondary N) is 1. The van der Waals surface area contributed by atoms with Crippen LogP contribution in [-0.4, -0.2) is 45.9 Å². The molecule has 1 heterocycles. The molecule has 1 N–H and O–H groups in total. The number of rotatable bonds is 10. The molecule has 0 fully saturated rings. The largest absolute Gasteiger partial charge is 0.312 e. The molecule has 1 rings (SSSR count). The van der Waals surface area contributed by atoms with Gasteiger partial charge in [0.2, 0.25) is 0 Å². The summed E-state index contributed by atoms with van der Waals surface area (Å²) in [4.78, 5) is 2.59. The molecule has 122 valence electrons. The topological polar surface area (TPSA) is 33.1 Å². The second-order valence-corrected chi connectivity index (χ2v) is 6.07. The van der Waals surface area contributed by atoms with Crippen molar-refractivity contribution in [3.63, 3.8) is 0 Å². The van der Waals surface area contributed by atoms with E-state index in [0.717, 1.165) is 38.9 Å². The van der Waals surface area contributed by atoms with E-state index < -0.39 is 0 Å². The highest BCUT2D eigenvalue weighted by molar-refractivity contribution is 5.07. The molecule has 4 nitrogen and oxygen atoms in total. The van der Waals surface area contributed by atoms with Crippen molar-refractivity contribution >= 4 is 0 Å². The second-order valence-electron chi connectivity index (χ2n) is 6.07. The summed E-state index contributed by atoms with van der Waals surface area (Å²) < 4.78 is 1.90. The molecule has 0 aliphatic carbocycles.